The molecule has 10 heteroatoms. The Kier molecular flexibility index (Phi) is 11.3. The summed E-state index contributed by atoms with van der Waals surface area (Å²) < 4.78 is 37.3. The van der Waals surface area contributed by atoms with Crippen molar-refractivity contribution in [3.05, 3.63) is 34.9 Å². The molecular weight excluding hydrogens is 482 g/mol. The second kappa shape index (κ2) is 13.2. The quantitative estimate of drug-likeness (QED) is 0.458. The molecular formula is C23H38ClN3O4S2. The van der Waals surface area contributed by atoms with Crippen molar-refractivity contribution in [2.75, 3.05) is 44.4 Å². The van der Waals surface area contributed by atoms with E-state index in [-0.39, 0.29) is 18.1 Å². The van der Waals surface area contributed by atoms with Gasteiger partial charge in [-0.15, -0.1) is 0 Å². The van der Waals surface area contributed by atoms with Crippen LogP contribution in [0, 0.1) is 5.92 Å². The van der Waals surface area contributed by atoms with Crippen LogP contribution in [0.25, 0.3) is 0 Å². The highest BCUT2D eigenvalue weighted by Gasteiger charge is 2.31. The van der Waals surface area contributed by atoms with E-state index in [2.05, 4.69) is 29.5 Å². The predicted molar refractivity (Wildman–Crippen MR) is 136 cm³/mol. The van der Waals surface area contributed by atoms with Gasteiger partial charge < -0.3 is 9.80 Å². The lowest BCUT2D eigenvalue weighted by molar-refractivity contribution is -0.134. The molecule has 3 atom stereocenters. The Balaban J connectivity index is 1.90. The van der Waals surface area contributed by atoms with Gasteiger partial charge in [0.05, 0.1) is 6.26 Å². The van der Waals surface area contributed by atoms with Crippen LogP contribution in [0.5, 0.6) is 0 Å². The van der Waals surface area contributed by atoms with Crippen molar-refractivity contribution in [3.63, 3.8) is 0 Å². The first-order valence-electron chi connectivity index (χ1n) is 11.5. The third kappa shape index (κ3) is 10.0. The molecule has 188 valence electrons. The lowest BCUT2D eigenvalue weighted by Crippen LogP contribution is -2.51. The number of carbonyl (C=O) groups excluding carboxylic acids is 1. The minimum absolute atomic E-state index is 0.217. The molecule has 2 unspecified atom stereocenters. The smallest absolute Gasteiger partial charge is 0.240 e. The molecule has 1 aromatic carbocycles. The van der Waals surface area contributed by atoms with Gasteiger partial charge in [0.2, 0.25) is 15.9 Å². The molecule has 1 fully saturated rings. The van der Waals surface area contributed by atoms with E-state index in [0.29, 0.717) is 25.0 Å². The molecule has 0 bridgehead atoms. The maximum absolute atomic E-state index is 13.0. The number of nitrogens with zero attached hydrogens (tertiary/aromatic N) is 2. The van der Waals surface area contributed by atoms with Crippen LogP contribution >= 0.6 is 11.6 Å². The van der Waals surface area contributed by atoms with Crippen LogP contribution in [0.15, 0.2) is 24.3 Å². The Bertz CT molecular complexity index is 905. The fourth-order valence-electron chi connectivity index (χ4n) is 4.42. The van der Waals surface area contributed by atoms with E-state index in [1.807, 2.05) is 18.2 Å². The number of benzene rings is 1. The molecule has 33 heavy (non-hydrogen) atoms. The average molecular weight is 520 g/mol. The van der Waals surface area contributed by atoms with E-state index in [1.54, 1.807) is 11.2 Å². The van der Waals surface area contributed by atoms with Crippen LogP contribution < -0.4 is 4.72 Å². The summed E-state index contributed by atoms with van der Waals surface area (Å²) in [6.45, 7) is 7.56. The third-order valence-electron chi connectivity index (χ3n) is 6.22. The molecule has 1 aliphatic rings. The van der Waals surface area contributed by atoms with Crippen molar-refractivity contribution in [1.82, 2.24) is 14.5 Å². The highest BCUT2D eigenvalue weighted by molar-refractivity contribution is 7.88. The monoisotopic (exact) mass is 519 g/mol. The van der Waals surface area contributed by atoms with E-state index in [1.165, 1.54) is 5.56 Å². The predicted octanol–water partition coefficient (Wildman–Crippen LogP) is 2.52. The van der Waals surface area contributed by atoms with E-state index >= 15 is 0 Å². The van der Waals surface area contributed by atoms with Gasteiger partial charge >= 0.3 is 0 Å². The fourth-order valence-corrected chi connectivity index (χ4v) is 5.93. The Hall–Kier alpha value is -1.00. The number of hydrogen-bond donors (Lipinski definition) is 1. The summed E-state index contributed by atoms with van der Waals surface area (Å²) in [7, 11) is -4.62. The van der Waals surface area contributed by atoms with Crippen molar-refractivity contribution in [2.45, 2.75) is 51.6 Å². The van der Waals surface area contributed by atoms with Gasteiger partial charge in [0.25, 0.3) is 0 Å². The number of rotatable bonds is 12. The highest BCUT2D eigenvalue weighted by atomic mass is 35.5. The maximum Gasteiger partial charge on any atom is 0.240 e. The summed E-state index contributed by atoms with van der Waals surface area (Å²) in [4.78, 5) is 17.2. The second-order valence-corrected chi connectivity index (χ2v) is 12.8. The zero-order valence-corrected chi connectivity index (χ0v) is 22.5. The molecule has 2 rings (SSSR count). The number of hydrogen-bond acceptors (Lipinski definition) is 5. The van der Waals surface area contributed by atoms with Crippen molar-refractivity contribution in [1.29, 1.82) is 0 Å². The highest BCUT2D eigenvalue weighted by Crippen LogP contribution is 2.22. The summed E-state index contributed by atoms with van der Waals surface area (Å²) in [6, 6.07) is 7.52. The number of halogens is 1. The van der Waals surface area contributed by atoms with E-state index in [0.717, 1.165) is 43.6 Å². The number of nitrogens with one attached hydrogen (secondary N) is 1. The Morgan fingerprint density at radius 2 is 2.00 bits per heavy atom. The normalized spacial score (nSPS) is 18.3. The van der Waals surface area contributed by atoms with Crippen LogP contribution in [0.1, 0.15) is 38.7 Å². The van der Waals surface area contributed by atoms with Gasteiger partial charge in [-0.3, -0.25) is 9.00 Å². The summed E-state index contributed by atoms with van der Waals surface area (Å²) in [5, 5.41) is 0.758. The van der Waals surface area contributed by atoms with Crippen molar-refractivity contribution in [2.24, 2.45) is 5.92 Å². The summed E-state index contributed by atoms with van der Waals surface area (Å²) >= 11 is 6.13. The Morgan fingerprint density at radius 3 is 2.55 bits per heavy atom. The minimum atomic E-state index is -3.53. The van der Waals surface area contributed by atoms with Gasteiger partial charge in [-0.2, -0.15) is 0 Å². The lowest BCUT2D eigenvalue weighted by atomic mass is 9.94. The van der Waals surface area contributed by atoms with Crippen LogP contribution in [-0.4, -0.2) is 84.9 Å². The van der Waals surface area contributed by atoms with Crippen LogP contribution in [-0.2, 0) is 32.0 Å². The van der Waals surface area contributed by atoms with Crippen LogP contribution in [0.4, 0.5) is 0 Å². The molecule has 0 aliphatic carbocycles. The number of carbonyl (C=O) groups is 1. The third-order valence-corrected chi connectivity index (χ3v) is 7.98. The molecule has 1 aliphatic heterocycles. The molecule has 0 aromatic heterocycles. The Morgan fingerprint density at radius 1 is 1.33 bits per heavy atom. The average Bonchev–Trinajstić information content (AvgIpc) is 2.74. The fraction of sp³-hybridized carbons (Fsp3) is 0.696. The van der Waals surface area contributed by atoms with E-state index < -0.39 is 26.9 Å². The minimum Gasteiger partial charge on any atom is -0.341 e. The van der Waals surface area contributed by atoms with Gasteiger partial charge in [-0.1, -0.05) is 30.7 Å². The van der Waals surface area contributed by atoms with Crippen LogP contribution in [0.2, 0.25) is 5.02 Å². The van der Waals surface area contributed by atoms with E-state index in [9.17, 15) is 17.4 Å². The molecule has 7 nitrogen and oxygen atoms in total. The standard InChI is InChI=1S/C23H38ClN3O4S2/c1-5-26(18(2)15-20-7-6-8-21(24)16-20)17-19-9-12-27(13-10-19)23(28)22(11-14-32(3)29)25-33(4,30)31/h6-8,16,18-19,22,25H,5,9-15,17H2,1-4H3/t18?,22-,32?/m0/s1. The number of amides is 1. The zero-order chi connectivity index (χ0) is 24.6. The number of sulfonamides is 1. The molecule has 1 saturated heterocycles. The first-order valence-corrected chi connectivity index (χ1v) is 15.5. The van der Waals surface area contributed by atoms with Gasteiger partial charge in [-0.25, -0.2) is 13.1 Å². The number of piperidine rings is 1. The van der Waals surface area contributed by atoms with Gasteiger partial charge in [-0.05, 0) is 62.8 Å². The number of likely N-dealkylation sites (tertiary alicyclic amines) is 1. The molecule has 1 heterocycles. The summed E-state index contributed by atoms with van der Waals surface area (Å²) in [5.74, 6) is 0.553. The second-order valence-electron chi connectivity index (χ2n) is 9.05. The Labute approximate surface area is 206 Å². The van der Waals surface area contributed by atoms with E-state index in [4.69, 9.17) is 11.6 Å². The first kappa shape index (κ1) is 28.2. The number of likely N-dealkylation sites (N-methyl/N-ethyl adjacent to an activating group) is 1. The molecule has 1 aromatic rings. The molecule has 0 saturated carbocycles. The van der Waals surface area contributed by atoms with Crippen molar-refractivity contribution < 1.29 is 17.4 Å². The maximum atomic E-state index is 13.0. The molecule has 1 N–H and O–H groups in total. The molecule has 0 spiro atoms. The zero-order valence-electron chi connectivity index (χ0n) is 20.1. The van der Waals surface area contributed by atoms with Crippen molar-refractivity contribution in [3.8, 4) is 0 Å². The lowest BCUT2D eigenvalue weighted by Gasteiger charge is -2.37. The largest absolute Gasteiger partial charge is 0.341 e. The van der Waals surface area contributed by atoms with Gasteiger partial charge in [0.15, 0.2) is 0 Å². The summed E-state index contributed by atoms with van der Waals surface area (Å²) in [5.41, 5.74) is 1.23. The van der Waals surface area contributed by atoms with Gasteiger partial charge in [0, 0.05) is 53.5 Å². The SMILES string of the molecule is CCN(CC1CCN(C(=O)[C@H](CCS(C)=O)NS(C)(=O)=O)CC1)C(C)Cc1cccc(Cl)c1. The van der Waals surface area contributed by atoms with Crippen LogP contribution in [0.3, 0.4) is 0 Å². The molecule has 1 amide bonds. The summed E-state index contributed by atoms with van der Waals surface area (Å²) in [6.07, 6.45) is 5.55. The first-order chi connectivity index (χ1) is 15.5. The van der Waals surface area contributed by atoms with Crippen molar-refractivity contribution >= 4 is 38.3 Å². The topological polar surface area (TPSA) is 86.8 Å². The molecule has 0 radical (unpaired) electrons. The van der Waals surface area contributed by atoms with Gasteiger partial charge in [0.1, 0.15) is 6.04 Å².